The van der Waals surface area contributed by atoms with Gasteiger partial charge in [-0.3, -0.25) is 9.59 Å². The van der Waals surface area contributed by atoms with E-state index in [9.17, 15) is 9.59 Å². The van der Waals surface area contributed by atoms with Crippen LogP contribution < -0.4 is 5.32 Å². The van der Waals surface area contributed by atoms with Crippen molar-refractivity contribution in [1.29, 1.82) is 0 Å². The molecule has 1 N–H and O–H groups in total. The van der Waals surface area contributed by atoms with E-state index < -0.39 is 0 Å². The molecule has 0 radical (unpaired) electrons. The van der Waals surface area contributed by atoms with Crippen LogP contribution in [0.4, 0.5) is 0 Å². The van der Waals surface area contributed by atoms with Crippen LogP contribution in [0.15, 0.2) is 47.2 Å². The lowest BCUT2D eigenvalue weighted by Gasteiger charge is -2.25. The molecule has 5 heteroatoms. The lowest BCUT2D eigenvalue weighted by molar-refractivity contribution is -0.132. The molecule has 0 aliphatic carbocycles. The van der Waals surface area contributed by atoms with Crippen LogP contribution in [0.3, 0.4) is 0 Å². The van der Waals surface area contributed by atoms with E-state index in [0.29, 0.717) is 31.0 Å². The number of carbonyl (C=O) groups is 2. The molecule has 1 atom stereocenters. The minimum atomic E-state index is -0.0550. The highest BCUT2D eigenvalue weighted by atomic mass is 32.1. The van der Waals surface area contributed by atoms with Gasteiger partial charge in [-0.1, -0.05) is 30.3 Å². The Morgan fingerprint density at radius 3 is 2.81 bits per heavy atom. The highest BCUT2D eigenvalue weighted by Gasteiger charge is 2.27. The molecule has 26 heavy (non-hydrogen) atoms. The van der Waals surface area contributed by atoms with Gasteiger partial charge in [0.05, 0.1) is 0 Å². The molecule has 0 spiro atoms. The van der Waals surface area contributed by atoms with Crippen molar-refractivity contribution in [3.8, 4) is 0 Å². The van der Waals surface area contributed by atoms with Gasteiger partial charge in [0.1, 0.15) is 0 Å². The minimum Gasteiger partial charge on any atom is -0.352 e. The monoisotopic (exact) mass is 370 g/mol. The number of thiophene rings is 1. The van der Waals surface area contributed by atoms with Crippen molar-refractivity contribution >= 4 is 23.2 Å². The van der Waals surface area contributed by atoms with E-state index >= 15 is 0 Å². The van der Waals surface area contributed by atoms with Crippen molar-refractivity contribution in [2.75, 3.05) is 13.1 Å². The van der Waals surface area contributed by atoms with Gasteiger partial charge >= 0.3 is 0 Å². The molecule has 1 aliphatic heterocycles. The first-order valence-electron chi connectivity index (χ1n) is 9.38. The summed E-state index contributed by atoms with van der Waals surface area (Å²) in [5.74, 6) is 0.172. The predicted octanol–water partition coefficient (Wildman–Crippen LogP) is 3.88. The van der Waals surface area contributed by atoms with Crippen LogP contribution in [0.5, 0.6) is 0 Å². The summed E-state index contributed by atoms with van der Waals surface area (Å²) in [4.78, 5) is 26.5. The molecule has 3 rings (SSSR count). The van der Waals surface area contributed by atoms with Gasteiger partial charge in [-0.25, -0.2) is 0 Å². The molecular formula is C21H26N2O2S. The molecule has 1 fully saturated rings. The summed E-state index contributed by atoms with van der Waals surface area (Å²) in [6, 6.07) is 12.6. The third kappa shape index (κ3) is 5.18. The van der Waals surface area contributed by atoms with Crippen molar-refractivity contribution in [1.82, 2.24) is 10.2 Å². The van der Waals surface area contributed by atoms with E-state index in [1.54, 1.807) is 0 Å². The van der Waals surface area contributed by atoms with Gasteiger partial charge in [-0.2, -0.15) is 11.3 Å². The van der Waals surface area contributed by atoms with Crippen molar-refractivity contribution in [2.24, 2.45) is 0 Å². The predicted molar refractivity (Wildman–Crippen MR) is 105 cm³/mol. The number of carbonyl (C=O) groups excluding carboxylic acids is 2. The highest BCUT2D eigenvalue weighted by Crippen LogP contribution is 2.23. The largest absolute Gasteiger partial charge is 0.352 e. The summed E-state index contributed by atoms with van der Waals surface area (Å²) in [7, 11) is 0. The van der Waals surface area contributed by atoms with Crippen LogP contribution in [0.1, 0.15) is 48.0 Å². The van der Waals surface area contributed by atoms with Gasteiger partial charge in [0.25, 0.3) is 5.91 Å². The Morgan fingerprint density at radius 1 is 1.19 bits per heavy atom. The van der Waals surface area contributed by atoms with Crippen LogP contribution in [0.25, 0.3) is 0 Å². The Kier molecular flexibility index (Phi) is 6.83. The molecular weight excluding hydrogens is 344 g/mol. The molecule has 2 amide bonds. The maximum absolute atomic E-state index is 12.6. The van der Waals surface area contributed by atoms with E-state index in [1.165, 1.54) is 16.9 Å². The van der Waals surface area contributed by atoms with Crippen LogP contribution in [-0.4, -0.2) is 35.8 Å². The summed E-state index contributed by atoms with van der Waals surface area (Å²) in [5, 5.41) is 6.61. The van der Waals surface area contributed by atoms with Crippen molar-refractivity contribution in [3.63, 3.8) is 0 Å². The SMILES string of the molecule is O=C(NCCCC(=O)N1CCCC1CCc1ccccc1)c1ccsc1. The first-order chi connectivity index (χ1) is 12.7. The molecule has 1 aromatic carbocycles. The third-order valence-corrected chi connectivity index (χ3v) is 5.63. The van der Waals surface area contributed by atoms with Gasteiger partial charge in [0, 0.05) is 36.5 Å². The zero-order valence-electron chi connectivity index (χ0n) is 15.0. The number of rotatable bonds is 8. The lowest BCUT2D eigenvalue weighted by Crippen LogP contribution is -2.36. The number of nitrogens with one attached hydrogen (secondary N) is 1. The van der Waals surface area contributed by atoms with Crippen LogP contribution in [0, 0.1) is 0 Å². The van der Waals surface area contributed by atoms with E-state index in [2.05, 4.69) is 34.5 Å². The van der Waals surface area contributed by atoms with Crippen molar-refractivity contribution in [2.45, 2.75) is 44.6 Å². The van der Waals surface area contributed by atoms with Gasteiger partial charge in [-0.05, 0) is 49.1 Å². The fourth-order valence-corrected chi connectivity index (χ4v) is 4.16. The molecule has 1 saturated heterocycles. The number of hydrogen-bond acceptors (Lipinski definition) is 3. The lowest BCUT2D eigenvalue weighted by atomic mass is 10.0. The number of likely N-dealkylation sites (tertiary alicyclic amines) is 1. The van der Waals surface area contributed by atoms with Crippen LogP contribution in [0.2, 0.25) is 0 Å². The van der Waals surface area contributed by atoms with E-state index in [1.807, 2.05) is 22.9 Å². The molecule has 1 unspecified atom stereocenters. The molecule has 1 aromatic heterocycles. The summed E-state index contributed by atoms with van der Waals surface area (Å²) in [6.07, 6.45) is 5.45. The second-order valence-electron chi connectivity index (χ2n) is 6.78. The van der Waals surface area contributed by atoms with Gasteiger partial charge in [-0.15, -0.1) is 0 Å². The Morgan fingerprint density at radius 2 is 2.04 bits per heavy atom. The number of benzene rings is 1. The first-order valence-corrected chi connectivity index (χ1v) is 10.3. The Bertz CT molecular complexity index is 700. The number of amides is 2. The molecule has 138 valence electrons. The fourth-order valence-electron chi connectivity index (χ4n) is 3.52. The van der Waals surface area contributed by atoms with Crippen LogP contribution >= 0.6 is 11.3 Å². The molecule has 0 saturated carbocycles. The van der Waals surface area contributed by atoms with E-state index in [0.717, 1.165) is 32.2 Å². The van der Waals surface area contributed by atoms with Crippen LogP contribution in [-0.2, 0) is 11.2 Å². The summed E-state index contributed by atoms with van der Waals surface area (Å²) < 4.78 is 0. The Balaban J connectivity index is 1.38. The molecule has 0 bridgehead atoms. The Labute approximate surface area is 159 Å². The minimum absolute atomic E-state index is 0.0550. The van der Waals surface area contributed by atoms with E-state index in [-0.39, 0.29) is 11.8 Å². The van der Waals surface area contributed by atoms with Crippen molar-refractivity contribution in [3.05, 3.63) is 58.3 Å². The molecule has 2 aromatic rings. The first kappa shape index (κ1) is 18.6. The van der Waals surface area contributed by atoms with Crippen molar-refractivity contribution < 1.29 is 9.59 Å². The van der Waals surface area contributed by atoms with E-state index in [4.69, 9.17) is 0 Å². The normalized spacial score (nSPS) is 16.6. The average Bonchev–Trinajstić information content (AvgIpc) is 3.36. The molecule has 1 aliphatic rings. The zero-order chi connectivity index (χ0) is 18.2. The number of hydrogen-bond donors (Lipinski definition) is 1. The topological polar surface area (TPSA) is 49.4 Å². The number of nitrogens with zero attached hydrogens (tertiary/aromatic N) is 1. The quantitative estimate of drug-likeness (QED) is 0.717. The number of aryl methyl sites for hydroxylation is 1. The maximum atomic E-state index is 12.6. The van der Waals surface area contributed by atoms with Gasteiger partial charge in [0.2, 0.25) is 5.91 Å². The Hall–Kier alpha value is -2.14. The highest BCUT2D eigenvalue weighted by molar-refractivity contribution is 7.08. The summed E-state index contributed by atoms with van der Waals surface area (Å²) in [6.45, 7) is 1.42. The van der Waals surface area contributed by atoms with Gasteiger partial charge in [0.15, 0.2) is 0 Å². The molecule has 2 heterocycles. The maximum Gasteiger partial charge on any atom is 0.252 e. The van der Waals surface area contributed by atoms with Gasteiger partial charge < -0.3 is 10.2 Å². The second-order valence-corrected chi connectivity index (χ2v) is 7.56. The molecule has 4 nitrogen and oxygen atoms in total. The zero-order valence-corrected chi connectivity index (χ0v) is 15.8. The standard InChI is InChI=1S/C21H26N2O2S/c24-20(9-4-13-22-21(25)18-12-15-26-16-18)23-14-5-8-19(23)11-10-17-6-2-1-3-7-17/h1-3,6-7,12,15-16,19H,4-5,8-11,13-14H2,(H,22,25). The fraction of sp³-hybridized carbons (Fsp3) is 0.429. The third-order valence-electron chi connectivity index (χ3n) is 4.94. The average molecular weight is 371 g/mol. The smallest absolute Gasteiger partial charge is 0.252 e. The summed E-state index contributed by atoms with van der Waals surface area (Å²) >= 11 is 1.51. The summed E-state index contributed by atoms with van der Waals surface area (Å²) in [5.41, 5.74) is 2.03. The second kappa shape index (κ2) is 9.53.